The quantitative estimate of drug-likeness (QED) is 0.216. The van der Waals surface area contributed by atoms with Crippen molar-refractivity contribution < 1.29 is 36.6 Å². The number of carbonyl (C=O) groups is 1. The number of halogens is 5. The fourth-order valence-corrected chi connectivity index (χ4v) is 4.57. The highest BCUT2D eigenvalue weighted by molar-refractivity contribution is 5.93. The van der Waals surface area contributed by atoms with E-state index in [0.717, 1.165) is 22.3 Å². The monoisotopic (exact) mass is 537 g/mol. The Kier molecular flexibility index (Phi) is 6.82. The van der Waals surface area contributed by atoms with Crippen LogP contribution in [0.2, 0.25) is 0 Å². The number of carboxylic acids is 1. The number of rotatable bonds is 7. The van der Waals surface area contributed by atoms with Crippen LogP contribution in [0.15, 0.2) is 91.0 Å². The van der Waals surface area contributed by atoms with Gasteiger partial charge in [0, 0.05) is 23.6 Å². The molecule has 0 aliphatic carbocycles. The number of hydrogen-bond acceptors (Lipinski definition) is 2. The number of aromatic nitrogens is 1. The average molecular weight is 537 g/mol. The molecule has 1 heterocycles. The number of alkyl halides is 3. The molecule has 1 aromatic heterocycles. The summed E-state index contributed by atoms with van der Waals surface area (Å²) in [6, 6.07) is 21.7. The Labute approximate surface area is 219 Å². The van der Waals surface area contributed by atoms with Crippen molar-refractivity contribution in [1.29, 1.82) is 0 Å². The predicted octanol–water partition coefficient (Wildman–Crippen LogP) is 7.80. The molecule has 0 aliphatic heterocycles. The van der Waals surface area contributed by atoms with Crippen molar-refractivity contribution in [2.75, 3.05) is 0 Å². The first-order chi connectivity index (χ1) is 18.6. The van der Waals surface area contributed by atoms with Gasteiger partial charge >= 0.3 is 12.1 Å². The summed E-state index contributed by atoms with van der Waals surface area (Å²) in [5, 5.41) is 9.35. The molecule has 0 saturated heterocycles. The fraction of sp³-hybridized carbons (Fsp3) is 0.100. The summed E-state index contributed by atoms with van der Waals surface area (Å²) in [6.07, 6.45) is -5.12. The summed E-state index contributed by atoms with van der Waals surface area (Å²) in [6.45, 7) is 0.0877. The molecule has 0 amide bonds. The standard InChI is InChI=1S/C30H20F5NO3/c31-23-14-13-21(16-24(23)32)36-25-7-4-8-26(39-17-19-5-2-1-3-6-19)27(25)22(28(36)30(33,34)35)15-18-9-11-20(12-10-18)29(37)38/h1-14,16H,15,17H2,(H,37,38). The van der Waals surface area contributed by atoms with E-state index in [0.29, 0.717) is 11.6 Å². The summed E-state index contributed by atoms with van der Waals surface area (Å²) in [4.78, 5) is 11.3. The first-order valence-electron chi connectivity index (χ1n) is 11.8. The molecule has 4 aromatic carbocycles. The normalized spacial score (nSPS) is 11.6. The van der Waals surface area contributed by atoms with Crippen molar-refractivity contribution >= 4 is 16.9 Å². The van der Waals surface area contributed by atoms with Crippen molar-refractivity contribution in [3.8, 4) is 11.4 Å². The third-order valence-corrected chi connectivity index (χ3v) is 6.31. The Morgan fingerprint density at radius 3 is 2.18 bits per heavy atom. The maximum atomic E-state index is 14.8. The molecule has 0 fully saturated rings. The highest BCUT2D eigenvalue weighted by Crippen LogP contribution is 2.44. The molecule has 5 aromatic rings. The topological polar surface area (TPSA) is 51.5 Å². The van der Waals surface area contributed by atoms with Crippen molar-refractivity contribution in [2.45, 2.75) is 19.2 Å². The van der Waals surface area contributed by atoms with E-state index in [1.807, 2.05) is 30.3 Å². The SMILES string of the molecule is O=C(O)c1ccc(Cc2c(C(F)(F)F)n(-c3ccc(F)c(F)c3)c3cccc(OCc4ccccc4)c23)cc1. The Morgan fingerprint density at radius 2 is 1.54 bits per heavy atom. The average Bonchev–Trinajstić information content (AvgIpc) is 3.25. The van der Waals surface area contributed by atoms with Crippen molar-refractivity contribution in [3.63, 3.8) is 0 Å². The van der Waals surface area contributed by atoms with E-state index in [4.69, 9.17) is 4.74 Å². The summed E-state index contributed by atoms with van der Waals surface area (Å²) in [7, 11) is 0. The molecule has 1 N–H and O–H groups in total. The third kappa shape index (κ3) is 5.20. The zero-order valence-electron chi connectivity index (χ0n) is 20.2. The molecule has 9 heteroatoms. The number of hydrogen-bond donors (Lipinski definition) is 1. The second-order valence-electron chi connectivity index (χ2n) is 8.86. The van der Waals surface area contributed by atoms with E-state index >= 15 is 0 Å². The number of ether oxygens (including phenoxy) is 1. The van der Waals surface area contributed by atoms with Gasteiger partial charge in [0.05, 0.1) is 11.1 Å². The van der Waals surface area contributed by atoms with Gasteiger partial charge in [0.1, 0.15) is 18.1 Å². The van der Waals surface area contributed by atoms with Crippen LogP contribution in [0, 0.1) is 11.6 Å². The van der Waals surface area contributed by atoms with E-state index in [9.17, 15) is 31.9 Å². The van der Waals surface area contributed by atoms with Gasteiger partial charge in [-0.2, -0.15) is 13.2 Å². The van der Waals surface area contributed by atoms with Crippen LogP contribution in [0.25, 0.3) is 16.6 Å². The van der Waals surface area contributed by atoms with E-state index in [-0.39, 0.29) is 46.5 Å². The zero-order valence-corrected chi connectivity index (χ0v) is 20.2. The maximum absolute atomic E-state index is 14.8. The molecule has 0 saturated carbocycles. The minimum Gasteiger partial charge on any atom is -0.488 e. The number of carboxylic acid groups (broad SMARTS) is 1. The Hall–Kier alpha value is -4.66. The Morgan fingerprint density at radius 1 is 0.821 bits per heavy atom. The van der Waals surface area contributed by atoms with E-state index in [1.54, 1.807) is 6.07 Å². The van der Waals surface area contributed by atoms with E-state index in [2.05, 4.69) is 0 Å². The molecule has 4 nitrogen and oxygen atoms in total. The van der Waals surface area contributed by atoms with Gasteiger partial charge in [-0.25, -0.2) is 13.6 Å². The molecule has 39 heavy (non-hydrogen) atoms. The number of benzene rings is 4. The highest BCUT2D eigenvalue weighted by atomic mass is 19.4. The summed E-state index contributed by atoms with van der Waals surface area (Å²) >= 11 is 0. The zero-order chi connectivity index (χ0) is 27.7. The lowest BCUT2D eigenvalue weighted by molar-refractivity contribution is -0.142. The van der Waals surface area contributed by atoms with E-state index < -0.39 is 29.5 Å². The first-order valence-corrected chi connectivity index (χ1v) is 11.8. The molecular weight excluding hydrogens is 517 g/mol. The van der Waals surface area contributed by atoms with Gasteiger partial charge in [-0.05, 0) is 53.1 Å². The van der Waals surface area contributed by atoms with Gasteiger partial charge < -0.3 is 14.4 Å². The van der Waals surface area contributed by atoms with Gasteiger partial charge in [-0.3, -0.25) is 0 Å². The molecule has 0 bridgehead atoms. The molecule has 0 atom stereocenters. The summed E-state index contributed by atoms with van der Waals surface area (Å²) in [5.41, 5.74) is -0.111. The van der Waals surface area contributed by atoms with Gasteiger partial charge in [0.2, 0.25) is 0 Å². The van der Waals surface area contributed by atoms with Crippen LogP contribution < -0.4 is 4.74 Å². The molecule has 0 aliphatic rings. The van der Waals surface area contributed by atoms with Gasteiger partial charge in [-0.15, -0.1) is 0 Å². The second-order valence-corrected chi connectivity index (χ2v) is 8.86. The predicted molar refractivity (Wildman–Crippen MR) is 135 cm³/mol. The largest absolute Gasteiger partial charge is 0.488 e. The minimum atomic E-state index is -4.89. The molecule has 0 radical (unpaired) electrons. The maximum Gasteiger partial charge on any atom is 0.432 e. The lowest BCUT2D eigenvalue weighted by Crippen LogP contribution is -2.15. The smallest absolute Gasteiger partial charge is 0.432 e. The molecule has 5 rings (SSSR count). The van der Waals surface area contributed by atoms with Gasteiger partial charge in [0.25, 0.3) is 0 Å². The van der Waals surface area contributed by atoms with Crippen LogP contribution in [-0.2, 0) is 19.2 Å². The van der Waals surface area contributed by atoms with Crippen molar-refractivity contribution in [2.24, 2.45) is 0 Å². The van der Waals surface area contributed by atoms with E-state index in [1.165, 1.54) is 36.4 Å². The van der Waals surface area contributed by atoms with Crippen LogP contribution in [0.4, 0.5) is 22.0 Å². The van der Waals surface area contributed by atoms with Crippen LogP contribution in [0.5, 0.6) is 5.75 Å². The minimum absolute atomic E-state index is 0.00843. The Balaban J connectivity index is 1.75. The highest BCUT2D eigenvalue weighted by Gasteiger charge is 2.40. The van der Waals surface area contributed by atoms with Crippen molar-refractivity contribution in [3.05, 3.63) is 131 Å². The summed E-state index contributed by atoms with van der Waals surface area (Å²) < 4.78 is 79.0. The van der Waals surface area contributed by atoms with Crippen LogP contribution in [0.1, 0.15) is 32.7 Å². The van der Waals surface area contributed by atoms with Crippen LogP contribution >= 0.6 is 0 Å². The summed E-state index contributed by atoms with van der Waals surface area (Å²) in [5.74, 6) is -3.46. The molecule has 198 valence electrons. The first kappa shape index (κ1) is 26.0. The van der Waals surface area contributed by atoms with Crippen molar-refractivity contribution in [1.82, 2.24) is 4.57 Å². The van der Waals surface area contributed by atoms with Gasteiger partial charge in [0.15, 0.2) is 11.6 Å². The number of fused-ring (bicyclic) bond motifs is 1. The number of nitrogens with zero attached hydrogens (tertiary/aromatic N) is 1. The van der Waals surface area contributed by atoms with Crippen LogP contribution in [0.3, 0.4) is 0 Å². The third-order valence-electron chi connectivity index (χ3n) is 6.31. The Bertz CT molecular complexity index is 1660. The van der Waals surface area contributed by atoms with Crippen LogP contribution in [-0.4, -0.2) is 15.6 Å². The molecule has 0 spiro atoms. The number of aromatic carboxylic acids is 1. The lowest BCUT2D eigenvalue weighted by atomic mass is 10.00. The lowest BCUT2D eigenvalue weighted by Gasteiger charge is -2.15. The second kappa shape index (κ2) is 10.2. The fourth-order valence-electron chi connectivity index (χ4n) is 4.57. The van der Waals surface area contributed by atoms with Gasteiger partial charge in [-0.1, -0.05) is 48.5 Å². The molecular formula is C30H20F5NO3. The molecule has 0 unspecified atom stereocenters.